The lowest BCUT2D eigenvalue weighted by Crippen LogP contribution is -2.65. The van der Waals surface area contributed by atoms with Crippen molar-refractivity contribution < 1.29 is 28.7 Å². The van der Waals surface area contributed by atoms with Crippen LogP contribution in [0.2, 0.25) is 0 Å². The number of piperidine rings is 1. The number of nitrogens with zero attached hydrogens (tertiary/aromatic N) is 2. The minimum atomic E-state index is -0.976. The van der Waals surface area contributed by atoms with Gasteiger partial charge in [-0.3, -0.25) is 14.9 Å². The number of carbonyl (C=O) groups is 2. The van der Waals surface area contributed by atoms with Crippen molar-refractivity contribution in [2.45, 2.75) is 43.2 Å². The van der Waals surface area contributed by atoms with Crippen LogP contribution in [-0.4, -0.2) is 47.5 Å². The molecule has 1 saturated heterocycles. The van der Waals surface area contributed by atoms with E-state index >= 15 is 0 Å². The van der Waals surface area contributed by atoms with Gasteiger partial charge < -0.3 is 19.1 Å². The molecule has 0 N–H and O–H groups in total. The van der Waals surface area contributed by atoms with Gasteiger partial charge in [-0.2, -0.15) is 0 Å². The second-order valence-corrected chi connectivity index (χ2v) is 9.28. The van der Waals surface area contributed by atoms with E-state index in [0.29, 0.717) is 24.1 Å². The Kier molecular flexibility index (Phi) is 4.29. The first-order valence-electron chi connectivity index (χ1n) is 11.1. The van der Waals surface area contributed by atoms with Crippen molar-refractivity contribution in [2.75, 3.05) is 13.6 Å². The highest BCUT2D eigenvalue weighted by molar-refractivity contribution is 5.89. The van der Waals surface area contributed by atoms with Crippen LogP contribution in [-0.2, 0) is 16.6 Å². The second-order valence-electron chi connectivity index (χ2n) is 9.28. The molecule has 2 bridgehead atoms. The molecule has 0 aromatic heterocycles. The summed E-state index contributed by atoms with van der Waals surface area (Å²) in [5, 5.41) is 10.8. The molecule has 170 valence electrons. The number of carbonyl (C=O) groups excluding carboxylic acids is 2. The number of rotatable bonds is 3. The summed E-state index contributed by atoms with van der Waals surface area (Å²) in [5.41, 5.74) is 1.70. The third-order valence-corrected chi connectivity index (χ3v) is 7.81. The lowest BCUT2D eigenvalue weighted by molar-refractivity contribution is -0.384. The first-order chi connectivity index (χ1) is 15.9. The van der Waals surface area contributed by atoms with Gasteiger partial charge in [-0.05, 0) is 62.5 Å². The molecule has 1 saturated carbocycles. The Balaban J connectivity index is 1.33. The molecule has 1 spiro atoms. The van der Waals surface area contributed by atoms with Crippen molar-refractivity contribution in [1.29, 1.82) is 0 Å². The number of nitro groups is 1. The summed E-state index contributed by atoms with van der Waals surface area (Å²) in [5.74, 6) is 1.27. The van der Waals surface area contributed by atoms with E-state index in [1.54, 1.807) is 6.07 Å². The van der Waals surface area contributed by atoms with Crippen LogP contribution in [0.1, 0.15) is 30.4 Å². The van der Waals surface area contributed by atoms with E-state index in [1.807, 2.05) is 6.07 Å². The zero-order valence-corrected chi connectivity index (χ0v) is 18.0. The van der Waals surface area contributed by atoms with Crippen LogP contribution in [0.25, 0.3) is 0 Å². The van der Waals surface area contributed by atoms with Crippen molar-refractivity contribution in [3.63, 3.8) is 0 Å². The minimum Gasteiger partial charge on any atom is -0.477 e. The molecule has 0 radical (unpaired) electrons. The number of nitro benzene ring substituents is 1. The lowest BCUT2D eigenvalue weighted by atomic mass is 9.52. The lowest BCUT2D eigenvalue weighted by Gasteiger charge is -2.57. The van der Waals surface area contributed by atoms with Gasteiger partial charge in [-0.15, -0.1) is 0 Å². The van der Waals surface area contributed by atoms with Gasteiger partial charge in [0.25, 0.3) is 5.69 Å². The van der Waals surface area contributed by atoms with Crippen LogP contribution < -0.4 is 14.2 Å². The fraction of sp³-hybridized carbons (Fsp3) is 0.417. The number of hydrogen-bond acceptors (Lipinski definition) is 8. The molecule has 9 nitrogen and oxygen atoms in total. The van der Waals surface area contributed by atoms with Crippen LogP contribution in [0.15, 0.2) is 36.4 Å². The van der Waals surface area contributed by atoms with Gasteiger partial charge in [0.2, 0.25) is 0 Å². The SMILES string of the molecule is CN1CC[C@]23c4c5ccc(OC(=O)Oc6ccc([N+](=O)[O-])cc6)c4OC2C(=O)CCC3[C@H]1C5. The Morgan fingerprint density at radius 2 is 2.00 bits per heavy atom. The van der Waals surface area contributed by atoms with Crippen LogP contribution in [0.5, 0.6) is 17.2 Å². The summed E-state index contributed by atoms with van der Waals surface area (Å²) in [7, 11) is 2.15. The van der Waals surface area contributed by atoms with E-state index in [2.05, 4.69) is 11.9 Å². The van der Waals surface area contributed by atoms with Gasteiger partial charge in [-0.1, -0.05) is 6.07 Å². The summed E-state index contributed by atoms with van der Waals surface area (Å²) in [6.45, 7) is 0.889. The van der Waals surface area contributed by atoms with Crippen molar-refractivity contribution in [2.24, 2.45) is 5.92 Å². The number of likely N-dealkylation sites (N-methyl/N-ethyl adjacent to an activating group) is 1. The normalized spacial score (nSPS) is 29.1. The molecule has 2 aliphatic carbocycles. The molecule has 0 amide bonds. The van der Waals surface area contributed by atoms with Gasteiger partial charge in [0.05, 0.1) is 4.92 Å². The topological polar surface area (TPSA) is 108 Å². The minimum absolute atomic E-state index is 0.107. The Bertz CT molecular complexity index is 1190. The molecule has 33 heavy (non-hydrogen) atoms. The Labute approximate surface area is 189 Å². The molecule has 6 rings (SSSR count). The second kappa shape index (κ2) is 7.02. The summed E-state index contributed by atoms with van der Waals surface area (Å²) < 4.78 is 17.0. The van der Waals surface area contributed by atoms with Crippen LogP contribution >= 0.6 is 0 Å². The first-order valence-corrected chi connectivity index (χ1v) is 11.1. The van der Waals surface area contributed by atoms with Crippen molar-refractivity contribution >= 4 is 17.6 Å². The number of benzene rings is 2. The molecule has 2 aromatic carbocycles. The predicted octanol–water partition coefficient (Wildman–Crippen LogP) is 3.41. The van der Waals surface area contributed by atoms with E-state index in [-0.39, 0.29) is 28.4 Å². The highest BCUT2D eigenvalue weighted by Crippen LogP contribution is 2.63. The van der Waals surface area contributed by atoms with Crippen molar-refractivity contribution in [1.82, 2.24) is 4.90 Å². The van der Waals surface area contributed by atoms with E-state index in [1.165, 1.54) is 24.3 Å². The number of hydrogen-bond donors (Lipinski definition) is 0. The third-order valence-electron chi connectivity index (χ3n) is 7.81. The zero-order chi connectivity index (χ0) is 22.9. The molecule has 2 fully saturated rings. The Morgan fingerprint density at radius 3 is 2.76 bits per heavy atom. The maximum atomic E-state index is 12.9. The molecule has 9 heteroatoms. The molecular weight excluding hydrogens is 428 g/mol. The molecular formula is C24H22N2O7. The smallest absolute Gasteiger partial charge is 0.477 e. The zero-order valence-electron chi connectivity index (χ0n) is 18.0. The maximum absolute atomic E-state index is 12.9. The average molecular weight is 450 g/mol. The van der Waals surface area contributed by atoms with Gasteiger partial charge >= 0.3 is 6.16 Å². The van der Waals surface area contributed by atoms with Crippen LogP contribution in [0, 0.1) is 16.0 Å². The number of ketones is 1. The van der Waals surface area contributed by atoms with Gasteiger partial charge in [0, 0.05) is 35.6 Å². The maximum Gasteiger partial charge on any atom is 0.519 e. The number of Topliss-reactive ketones (excluding diaryl/α,β-unsaturated/α-hetero) is 1. The van der Waals surface area contributed by atoms with E-state index < -0.39 is 17.2 Å². The molecule has 4 atom stereocenters. The molecule has 2 aromatic rings. The molecule has 4 aliphatic rings. The Hall–Kier alpha value is -3.46. The number of likely N-dealkylation sites (tertiary alicyclic amines) is 1. The van der Waals surface area contributed by atoms with E-state index in [0.717, 1.165) is 36.9 Å². The molecule has 2 unspecified atom stereocenters. The molecule has 2 aliphatic heterocycles. The van der Waals surface area contributed by atoms with Crippen LogP contribution in [0.3, 0.4) is 0 Å². The van der Waals surface area contributed by atoms with Gasteiger partial charge in [0.15, 0.2) is 23.4 Å². The monoisotopic (exact) mass is 450 g/mol. The third kappa shape index (κ3) is 2.81. The van der Waals surface area contributed by atoms with Crippen molar-refractivity contribution in [3.8, 4) is 17.2 Å². The summed E-state index contributed by atoms with van der Waals surface area (Å²) in [4.78, 5) is 38.1. The van der Waals surface area contributed by atoms with E-state index in [4.69, 9.17) is 14.2 Å². The summed E-state index contributed by atoms with van der Waals surface area (Å²) >= 11 is 0. The Morgan fingerprint density at radius 1 is 1.21 bits per heavy atom. The average Bonchev–Trinajstić information content (AvgIpc) is 3.15. The van der Waals surface area contributed by atoms with Gasteiger partial charge in [0.1, 0.15) is 5.75 Å². The highest BCUT2D eigenvalue weighted by atomic mass is 16.7. The molecule has 2 heterocycles. The first kappa shape index (κ1) is 20.2. The largest absolute Gasteiger partial charge is 0.519 e. The fourth-order valence-electron chi connectivity index (χ4n) is 6.43. The predicted molar refractivity (Wildman–Crippen MR) is 115 cm³/mol. The summed E-state index contributed by atoms with van der Waals surface area (Å²) in [6.07, 6.45) is 1.54. The summed E-state index contributed by atoms with van der Waals surface area (Å²) in [6, 6.07) is 9.18. The van der Waals surface area contributed by atoms with Crippen LogP contribution in [0.4, 0.5) is 10.5 Å². The standard InChI is InChI=1S/C24H22N2O7/c1-25-11-10-24-16-7-8-18(27)22(24)33-21-19(9-2-13(20(21)24)12-17(16)25)32-23(28)31-15-5-3-14(4-6-15)26(29)30/h2-6,9,16-17,22H,7-8,10-12H2,1H3/t16?,17-,22?,24+/m1/s1. The quantitative estimate of drug-likeness (QED) is 0.303. The van der Waals surface area contributed by atoms with Gasteiger partial charge in [-0.25, -0.2) is 4.79 Å². The highest BCUT2D eigenvalue weighted by Gasteiger charge is 2.65. The van der Waals surface area contributed by atoms with E-state index in [9.17, 15) is 19.7 Å². The number of ether oxygens (including phenoxy) is 3. The number of non-ortho nitro benzene ring substituents is 1. The fourth-order valence-corrected chi connectivity index (χ4v) is 6.43. The van der Waals surface area contributed by atoms with Crippen molar-refractivity contribution in [3.05, 3.63) is 57.6 Å².